The van der Waals surface area contributed by atoms with E-state index in [1.54, 1.807) is 0 Å². The summed E-state index contributed by atoms with van der Waals surface area (Å²) in [5.41, 5.74) is 1.86. The van der Waals surface area contributed by atoms with Crippen LogP contribution >= 0.6 is 34.4 Å². The highest BCUT2D eigenvalue weighted by Gasteiger charge is 2.29. The van der Waals surface area contributed by atoms with Crippen LogP contribution in [-0.2, 0) is 4.79 Å². The molecule has 0 spiro atoms. The van der Waals surface area contributed by atoms with Crippen LogP contribution in [0, 0.1) is 15.9 Å². The van der Waals surface area contributed by atoms with E-state index in [0.717, 1.165) is 14.8 Å². The zero-order chi connectivity index (χ0) is 11.0. The largest absolute Gasteiger partial charge is 0.278 e. The van der Waals surface area contributed by atoms with Crippen molar-refractivity contribution < 1.29 is 4.79 Å². The van der Waals surface area contributed by atoms with Gasteiger partial charge in [0.15, 0.2) is 5.17 Å². The van der Waals surface area contributed by atoms with Gasteiger partial charge in [-0.2, -0.15) is 0 Å². The van der Waals surface area contributed by atoms with Gasteiger partial charge in [0.2, 0.25) is 5.91 Å². The average molecular weight is 332 g/mol. The fourth-order valence-electron chi connectivity index (χ4n) is 1.49. The third-order valence-corrected chi connectivity index (χ3v) is 3.70. The summed E-state index contributed by atoms with van der Waals surface area (Å²) in [7, 11) is 0. The van der Waals surface area contributed by atoms with Gasteiger partial charge in [-0.15, -0.1) is 0 Å². The molecule has 15 heavy (non-hydrogen) atoms. The zero-order valence-corrected chi connectivity index (χ0v) is 11.1. The molecule has 2 rings (SSSR count). The smallest absolute Gasteiger partial charge is 0.243 e. The third-order valence-electron chi connectivity index (χ3n) is 2.18. The van der Waals surface area contributed by atoms with E-state index in [2.05, 4.69) is 22.6 Å². The normalized spacial score (nSPS) is 16.3. The summed E-state index contributed by atoms with van der Waals surface area (Å²) in [4.78, 5) is 13.1. The molecule has 5 heteroatoms. The van der Waals surface area contributed by atoms with Gasteiger partial charge in [0, 0.05) is 3.57 Å². The van der Waals surface area contributed by atoms with E-state index < -0.39 is 0 Å². The van der Waals surface area contributed by atoms with Crippen molar-refractivity contribution in [3.8, 4) is 0 Å². The van der Waals surface area contributed by atoms with Gasteiger partial charge in [-0.3, -0.25) is 15.1 Å². The first-order valence-electron chi connectivity index (χ1n) is 4.40. The molecule has 1 saturated heterocycles. The van der Waals surface area contributed by atoms with Crippen molar-refractivity contribution in [1.82, 2.24) is 0 Å². The van der Waals surface area contributed by atoms with Crippen molar-refractivity contribution in [3.05, 3.63) is 27.3 Å². The summed E-state index contributed by atoms with van der Waals surface area (Å²) in [5.74, 6) is 0.374. The molecule has 78 valence electrons. The maximum atomic E-state index is 11.6. The second kappa shape index (κ2) is 4.13. The minimum absolute atomic E-state index is 0.00527. The fraction of sp³-hybridized carbons (Fsp3) is 0.200. The number of carbonyl (C=O) groups excluding carboxylic acids is 1. The van der Waals surface area contributed by atoms with Crippen LogP contribution in [0.3, 0.4) is 0 Å². The minimum Gasteiger partial charge on any atom is -0.278 e. The summed E-state index contributed by atoms with van der Waals surface area (Å²) in [6.07, 6.45) is 0. The number of rotatable bonds is 1. The molecule has 0 atom stereocenters. The van der Waals surface area contributed by atoms with E-state index in [0.29, 0.717) is 10.9 Å². The minimum atomic E-state index is -0.00527. The first-order valence-corrected chi connectivity index (χ1v) is 6.46. The van der Waals surface area contributed by atoms with Gasteiger partial charge in [-0.1, -0.05) is 11.8 Å². The van der Waals surface area contributed by atoms with Crippen LogP contribution in [0.15, 0.2) is 18.2 Å². The first-order chi connectivity index (χ1) is 7.09. The summed E-state index contributed by atoms with van der Waals surface area (Å²) in [6.45, 7) is 1.96. The van der Waals surface area contributed by atoms with Crippen LogP contribution in [-0.4, -0.2) is 16.8 Å². The Hall–Kier alpha value is -0.560. The number of halogens is 1. The van der Waals surface area contributed by atoms with Crippen LogP contribution in [0.1, 0.15) is 5.56 Å². The molecule has 1 aliphatic rings. The van der Waals surface area contributed by atoms with Crippen molar-refractivity contribution in [1.29, 1.82) is 5.41 Å². The highest BCUT2D eigenvalue weighted by Crippen LogP contribution is 2.29. The number of aryl methyl sites for hydroxylation is 1. The van der Waals surface area contributed by atoms with E-state index in [9.17, 15) is 4.79 Å². The molecule has 0 aliphatic carbocycles. The van der Waals surface area contributed by atoms with Crippen molar-refractivity contribution in [2.24, 2.45) is 0 Å². The number of thioether (sulfide) groups is 1. The van der Waals surface area contributed by atoms with Crippen molar-refractivity contribution >= 4 is 51.1 Å². The lowest BCUT2D eigenvalue weighted by Crippen LogP contribution is -2.29. The molecule has 0 unspecified atom stereocenters. The quantitative estimate of drug-likeness (QED) is 0.804. The molecule has 0 bridgehead atoms. The van der Waals surface area contributed by atoms with Crippen LogP contribution < -0.4 is 4.90 Å². The molecule has 0 saturated carbocycles. The van der Waals surface area contributed by atoms with Gasteiger partial charge in [-0.05, 0) is 53.3 Å². The number of amides is 1. The molecular formula is C10H9IN2OS. The predicted molar refractivity (Wildman–Crippen MR) is 71.6 cm³/mol. The van der Waals surface area contributed by atoms with Crippen LogP contribution in [0.5, 0.6) is 0 Å². The number of hydrogen-bond acceptors (Lipinski definition) is 3. The Morgan fingerprint density at radius 2 is 2.27 bits per heavy atom. The Balaban J connectivity index is 2.45. The lowest BCUT2D eigenvalue weighted by atomic mass is 10.2. The van der Waals surface area contributed by atoms with Crippen molar-refractivity contribution in [3.63, 3.8) is 0 Å². The molecule has 1 fully saturated rings. The third kappa shape index (κ3) is 2.03. The molecule has 0 radical (unpaired) electrons. The van der Waals surface area contributed by atoms with Gasteiger partial charge in [-0.25, -0.2) is 0 Å². The van der Waals surface area contributed by atoms with E-state index in [1.807, 2.05) is 25.1 Å². The molecule has 1 aliphatic heterocycles. The molecule has 0 aromatic heterocycles. The van der Waals surface area contributed by atoms with E-state index in [-0.39, 0.29) is 5.91 Å². The fourth-order valence-corrected chi connectivity index (χ4v) is 2.85. The topological polar surface area (TPSA) is 44.2 Å². The monoisotopic (exact) mass is 332 g/mol. The Bertz CT molecular complexity index is 431. The number of amidine groups is 1. The van der Waals surface area contributed by atoms with Gasteiger partial charge in [0.25, 0.3) is 0 Å². The SMILES string of the molecule is Cc1cc(I)ccc1N1C(=N)SCC1=O. The summed E-state index contributed by atoms with van der Waals surface area (Å²) >= 11 is 3.51. The molecule has 1 heterocycles. The van der Waals surface area contributed by atoms with Gasteiger partial charge >= 0.3 is 0 Å². The Labute approximate surface area is 106 Å². The van der Waals surface area contributed by atoms with Gasteiger partial charge in [0.05, 0.1) is 11.4 Å². The Morgan fingerprint density at radius 3 is 2.80 bits per heavy atom. The summed E-state index contributed by atoms with van der Waals surface area (Å²) < 4.78 is 1.14. The molecule has 1 amide bonds. The van der Waals surface area contributed by atoms with Crippen molar-refractivity contribution in [2.45, 2.75) is 6.92 Å². The number of anilines is 1. The highest BCUT2D eigenvalue weighted by molar-refractivity contribution is 14.1. The van der Waals surface area contributed by atoms with Crippen LogP contribution in [0.2, 0.25) is 0 Å². The van der Waals surface area contributed by atoms with E-state index in [1.165, 1.54) is 16.7 Å². The number of nitrogens with one attached hydrogen (secondary N) is 1. The van der Waals surface area contributed by atoms with Crippen LogP contribution in [0.4, 0.5) is 5.69 Å². The second-order valence-corrected chi connectivity index (χ2v) is 5.46. The zero-order valence-electron chi connectivity index (χ0n) is 8.08. The van der Waals surface area contributed by atoms with Crippen LogP contribution in [0.25, 0.3) is 0 Å². The number of carbonyl (C=O) groups is 1. The number of hydrogen-bond donors (Lipinski definition) is 1. The van der Waals surface area contributed by atoms with Crippen molar-refractivity contribution in [2.75, 3.05) is 10.7 Å². The van der Waals surface area contributed by atoms with Gasteiger partial charge in [0.1, 0.15) is 0 Å². The predicted octanol–water partition coefficient (Wildman–Crippen LogP) is 2.61. The Morgan fingerprint density at radius 1 is 1.53 bits per heavy atom. The highest BCUT2D eigenvalue weighted by atomic mass is 127. The maximum absolute atomic E-state index is 11.6. The van der Waals surface area contributed by atoms with E-state index >= 15 is 0 Å². The lowest BCUT2D eigenvalue weighted by molar-refractivity contribution is -0.115. The van der Waals surface area contributed by atoms with Gasteiger partial charge < -0.3 is 0 Å². The number of benzene rings is 1. The van der Waals surface area contributed by atoms with E-state index in [4.69, 9.17) is 5.41 Å². The second-order valence-electron chi connectivity index (χ2n) is 3.25. The first kappa shape index (κ1) is 10.9. The molecule has 1 N–H and O–H groups in total. The summed E-state index contributed by atoms with van der Waals surface area (Å²) in [5, 5.41) is 8.01. The number of nitrogens with zero attached hydrogens (tertiary/aromatic N) is 1. The molecule has 3 nitrogen and oxygen atoms in total. The maximum Gasteiger partial charge on any atom is 0.243 e. The average Bonchev–Trinajstić information content (AvgIpc) is 2.48. The Kier molecular flexibility index (Phi) is 3.01. The molecular weight excluding hydrogens is 323 g/mol. The summed E-state index contributed by atoms with van der Waals surface area (Å²) in [6, 6.07) is 5.86. The lowest BCUT2D eigenvalue weighted by Gasteiger charge is -2.17. The standard InChI is InChI=1S/C10H9IN2OS/c1-6-4-7(11)2-3-8(6)13-9(14)5-15-10(13)12/h2-4,12H,5H2,1H3. The molecule has 1 aromatic rings. The molecule has 1 aromatic carbocycles.